The van der Waals surface area contributed by atoms with Gasteiger partial charge in [-0.25, -0.2) is 4.79 Å². The summed E-state index contributed by atoms with van der Waals surface area (Å²) in [5, 5.41) is 0. The van der Waals surface area contributed by atoms with E-state index in [-0.39, 0.29) is 0 Å². The zero-order valence-electron chi connectivity index (χ0n) is 9.82. The second kappa shape index (κ2) is 5.53. The molecule has 1 atom stereocenters. The molecule has 4 heteroatoms. The number of hydrogen-bond acceptors (Lipinski definition) is 3. The first-order valence-electron chi connectivity index (χ1n) is 4.84. The fourth-order valence-corrected chi connectivity index (χ4v) is 0.945. The Kier molecular flexibility index (Phi) is 5.05. The van der Waals surface area contributed by atoms with E-state index >= 15 is 0 Å². The van der Waals surface area contributed by atoms with E-state index in [1.165, 1.54) is 11.9 Å². The molecule has 1 unspecified atom stereocenters. The van der Waals surface area contributed by atoms with Crippen molar-refractivity contribution >= 4 is 12.4 Å². The SMILES string of the molecule is C=CCC(C=O)N(C)C(=O)OC(C)(C)C. The third-order valence-electron chi connectivity index (χ3n) is 1.74. The molecule has 0 bridgehead atoms. The Hall–Kier alpha value is -1.32. The molecule has 0 saturated heterocycles. The summed E-state index contributed by atoms with van der Waals surface area (Å²) >= 11 is 0. The predicted octanol–water partition coefficient (Wildman–Crippen LogP) is 2.00. The first kappa shape index (κ1) is 13.7. The van der Waals surface area contributed by atoms with Gasteiger partial charge in [-0.2, -0.15) is 0 Å². The largest absolute Gasteiger partial charge is 0.444 e. The molecule has 0 aliphatic rings. The molecule has 15 heavy (non-hydrogen) atoms. The van der Waals surface area contributed by atoms with Crippen LogP contribution >= 0.6 is 0 Å². The Labute approximate surface area is 90.9 Å². The lowest BCUT2D eigenvalue weighted by Gasteiger charge is -2.27. The molecule has 0 spiro atoms. The van der Waals surface area contributed by atoms with Gasteiger partial charge in [-0.15, -0.1) is 6.58 Å². The van der Waals surface area contributed by atoms with Gasteiger partial charge in [-0.1, -0.05) is 6.08 Å². The van der Waals surface area contributed by atoms with Crippen molar-refractivity contribution in [3.63, 3.8) is 0 Å². The quantitative estimate of drug-likeness (QED) is 0.530. The lowest BCUT2D eigenvalue weighted by atomic mass is 10.2. The summed E-state index contributed by atoms with van der Waals surface area (Å²) in [5.74, 6) is 0. The van der Waals surface area contributed by atoms with E-state index in [4.69, 9.17) is 4.74 Å². The van der Waals surface area contributed by atoms with Crippen LogP contribution in [0.15, 0.2) is 12.7 Å². The predicted molar refractivity (Wildman–Crippen MR) is 58.7 cm³/mol. The maximum absolute atomic E-state index is 11.5. The normalized spacial score (nSPS) is 12.8. The number of carbonyl (C=O) groups excluding carboxylic acids is 2. The smallest absolute Gasteiger partial charge is 0.410 e. The number of rotatable bonds is 4. The van der Waals surface area contributed by atoms with E-state index in [1.54, 1.807) is 26.8 Å². The van der Waals surface area contributed by atoms with Gasteiger partial charge in [0.15, 0.2) is 0 Å². The summed E-state index contributed by atoms with van der Waals surface area (Å²) in [4.78, 5) is 23.5. The molecule has 0 rings (SSSR count). The van der Waals surface area contributed by atoms with Gasteiger partial charge < -0.3 is 14.4 Å². The molecule has 0 aliphatic heterocycles. The van der Waals surface area contributed by atoms with Crippen molar-refractivity contribution in [3.8, 4) is 0 Å². The monoisotopic (exact) mass is 213 g/mol. The van der Waals surface area contributed by atoms with Gasteiger partial charge in [0, 0.05) is 7.05 Å². The van der Waals surface area contributed by atoms with Crippen LogP contribution in [0, 0.1) is 0 Å². The van der Waals surface area contributed by atoms with Gasteiger partial charge >= 0.3 is 6.09 Å². The van der Waals surface area contributed by atoms with Gasteiger partial charge in [-0.3, -0.25) is 0 Å². The number of amides is 1. The lowest BCUT2D eigenvalue weighted by molar-refractivity contribution is -0.112. The van der Waals surface area contributed by atoms with Crippen LogP contribution in [0.2, 0.25) is 0 Å². The summed E-state index contributed by atoms with van der Waals surface area (Å²) in [6.07, 6.45) is 2.24. The second-order valence-electron chi connectivity index (χ2n) is 4.32. The summed E-state index contributed by atoms with van der Waals surface area (Å²) in [6.45, 7) is 8.87. The summed E-state index contributed by atoms with van der Waals surface area (Å²) in [7, 11) is 1.54. The van der Waals surface area contributed by atoms with Gasteiger partial charge in [0.2, 0.25) is 0 Å². The van der Waals surface area contributed by atoms with Crippen molar-refractivity contribution in [3.05, 3.63) is 12.7 Å². The molecular weight excluding hydrogens is 194 g/mol. The molecule has 0 saturated carbocycles. The Balaban J connectivity index is 4.41. The Morgan fingerprint density at radius 2 is 2.07 bits per heavy atom. The first-order chi connectivity index (χ1) is 6.81. The zero-order chi connectivity index (χ0) is 12.1. The molecule has 4 nitrogen and oxygen atoms in total. The zero-order valence-corrected chi connectivity index (χ0v) is 9.82. The van der Waals surface area contributed by atoms with Gasteiger partial charge in [0.1, 0.15) is 11.9 Å². The number of aldehydes is 1. The van der Waals surface area contributed by atoms with Crippen molar-refractivity contribution in [2.24, 2.45) is 0 Å². The molecular formula is C11H19NO3. The minimum Gasteiger partial charge on any atom is -0.444 e. The summed E-state index contributed by atoms with van der Waals surface area (Å²) in [6, 6.07) is -0.502. The molecule has 86 valence electrons. The van der Waals surface area contributed by atoms with Crippen LogP contribution in [-0.4, -0.2) is 36.0 Å². The number of nitrogens with zero attached hydrogens (tertiary/aromatic N) is 1. The van der Waals surface area contributed by atoms with E-state index in [0.29, 0.717) is 12.7 Å². The van der Waals surface area contributed by atoms with Crippen LogP contribution in [0.5, 0.6) is 0 Å². The van der Waals surface area contributed by atoms with Crippen LogP contribution in [-0.2, 0) is 9.53 Å². The number of carbonyl (C=O) groups is 2. The van der Waals surface area contributed by atoms with E-state index in [2.05, 4.69) is 6.58 Å². The van der Waals surface area contributed by atoms with Crippen molar-refractivity contribution < 1.29 is 14.3 Å². The topological polar surface area (TPSA) is 46.6 Å². The average Bonchev–Trinajstić information content (AvgIpc) is 2.10. The van der Waals surface area contributed by atoms with Crippen molar-refractivity contribution in [2.75, 3.05) is 7.05 Å². The van der Waals surface area contributed by atoms with Crippen molar-refractivity contribution in [1.82, 2.24) is 4.90 Å². The van der Waals surface area contributed by atoms with Gasteiger partial charge in [-0.05, 0) is 27.2 Å². The van der Waals surface area contributed by atoms with E-state index < -0.39 is 17.7 Å². The van der Waals surface area contributed by atoms with Crippen molar-refractivity contribution in [2.45, 2.75) is 38.8 Å². The van der Waals surface area contributed by atoms with E-state index in [9.17, 15) is 9.59 Å². The highest BCUT2D eigenvalue weighted by Gasteiger charge is 2.24. The third kappa shape index (κ3) is 5.20. The summed E-state index contributed by atoms with van der Waals surface area (Å²) < 4.78 is 5.12. The Bertz CT molecular complexity index is 243. The highest BCUT2D eigenvalue weighted by molar-refractivity contribution is 5.73. The standard InChI is InChI=1S/C11H19NO3/c1-6-7-9(8-13)12(5)10(14)15-11(2,3)4/h6,8-9H,1,7H2,2-5H3. The van der Waals surface area contributed by atoms with E-state index in [0.717, 1.165) is 0 Å². The van der Waals surface area contributed by atoms with Gasteiger partial charge in [0.05, 0.1) is 6.04 Å². The number of likely N-dealkylation sites (N-methyl/N-ethyl adjacent to an activating group) is 1. The molecule has 0 fully saturated rings. The summed E-state index contributed by atoms with van der Waals surface area (Å²) in [5.41, 5.74) is -0.549. The lowest BCUT2D eigenvalue weighted by Crippen LogP contribution is -2.41. The van der Waals surface area contributed by atoms with Crippen LogP contribution < -0.4 is 0 Å². The number of ether oxygens (including phenoxy) is 1. The first-order valence-corrected chi connectivity index (χ1v) is 4.84. The Morgan fingerprint density at radius 1 is 1.53 bits per heavy atom. The molecule has 0 aromatic heterocycles. The molecule has 0 aromatic rings. The van der Waals surface area contributed by atoms with Gasteiger partial charge in [0.25, 0.3) is 0 Å². The van der Waals surface area contributed by atoms with Crippen molar-refractivity contribution in [1.29, 1.82) is 0 Å². The minimum atomic E-state index is -0.549. The highest BCUT2D eigenvalue weighted by Crippen LogP contribution is 2.11. The molecule has 1 amide bonds. The molecule has 0 N–H and O–H groups in total. The fraction of sp³-hybridized carbons (Fsp3) is 0.636. The molecule has 0 aromatic carbocycles. The molecule has 0 aliphatic carbocycles. The van der Waals surface area contributed by atoms with Crippen LogP contribution in [0.1, 0.15) is 27.2 Å². The average molecular weight is 213 g/mol. The maximum Gasteiger partial charge on any atom is 0.410 e. The number of hydrogen-bond donors (Lipinski definition) is 0. The highest BCUT2D eigenvalue weighted by atomic mass is 16.6. The van der Waals surface area contributed by atoms with Crippen LogP contribution in [0.3, 0.4) is 0 Å². The minimum absolute atomic E-state index is 0.430. The fourth-order valence-electron chi connectivity index (χ4n) is 0.945. The maximum atomic E-state index is 11.5. The second-order valence-corrected chi connectivity index (χ2v) is 4.32. The van der Waals surface area contributed by atoms with E-state index in [1.807, 2.05) is 0 Å². The van der Waals surface area contributed by atoms with Crippen LogP contribution in [0.25, 0.3) is 0 Å². The third-order valence-corrected chi connectivity index (χ3v) is 1.74. The molecule has 0 heterocycles. The molecule has 0 radical (unpaired) electrons. The van der Waals surface area contributed by atoms with Crippen LogP contribution in [0.4, 0.5) is 4.79 Å². The Morgan fingerprint density at radius 3 is 2.40 bits per heavy atom.